The Kier molecular flexibility index (Phi) is 4.90. The van der Waals surface area contributed by atoms with Crippen molar-refractivity contribution in [3.63, 3.8) is 0 Å². The summed E-state index contributed by atoms with van der Waals surface area (Å²) in [6.07, 6.45) is 1.02. The Labute approximate surface area is 74.6 Å². The van der Waals surface area contributed by atoms with Gasteiger partial charge in [-0.05, 0) is 5.92 Å². The largest absolute Gasteiger partial charge is 0.275 e. The van der Waals surface area contributed by atoms with Gasteiger partial charge in [-0.15, -0.1) is 0 Å². The predicted molar refractivity (Wildman–Crippen MR) is 48.4 cm³/mol. The number of rotatable bonds is 4. The van der Waals surface area contributed by atoms with Crippen molar-refractivity contribution in [2.75, 3.05) is 14.2 Å². The van der Waals surface area contributed by atoms with Crippen LogP contribution < -0.4 is 0 Å². The Morgan fingerprint density at radius 1 is 1.50 bits per heavy atom. The van der Waals surface area contributed by atoms with Crippen LogP contribution >= 0.6 is 0 Å². The van der Waals surface area contributed by atoms with Crippen molar-refractivity contribution >= 4 is 5.91 Å². The van der Waals surface area contributed by atoms with Crippen LogP contribution in [-0.4, -0.2) is 25.1 Å². The molecule has 0 N–H and O–H groups in total. The lowest BCUT2D eigenvalue weighted by molar-refractivity contribution is -0.174. The number of hydrogen-bond acceptors (Lipinski definition) is 2. The van der Waals surface area contributed by atoms with Gasteiger partial charge in [-0.25, -0.2) is 5.06 Å². The molecule has 0 aromatic heterocycles. The molecule has 0 aromatic rings. The molecule has 0 saturated carbocycles. The smallest absolute Gasteiger partial charge is 0.248 e. The molecule has 3 heteroatoms. The topological polar surface area (TPSA) is 29.5 Å². The lowest BCUT2D eigenvalue weighted by atomic mass is 9.93. The van der Waals surface area contributed by atoms with Crippen molar-refractivity contribution in [2.24, 2.45) is 11.8 Å². The molecular weight excluding hydrogens is 154 g/mol. The molecule has 12 heavy (non-hydrogen) atoms. The van der Waals surface area contributed by atoms with Gasteiger partial charge >= 0.3 is 0 Å². The first-order valence-electron chi connectivity index (χ1n) is 4.36. The number of hydrogen-bond donors (Lipinski definition) is 0. The number of hydroxylamine groups is 2. The Morgan fingerprint density at radius 2 is 2.00 bits per heavy atom. The van der Waals surface area contributed by atoms with E-state index < -0.39 is 0 Å². The van der Waals surface area contributed by atoms with Crippen LogP contribution in [0.25, 0.3) is 0 Å². The van der Waals surface area contributed by atoms with Crippen LogP contribution in [-0.2, 0) is 9.63 Å². The minimum Gasteiger partial charge on any atom is -0.275 e. The molecule has 0 aliphatic rings. The van der Waals surface area contributed by atoms with E-state index in [1.54, 1.807) is 7.05 Å². The molecule has 0 aliphatic carbocycles. The predicted octanol–water partition coefficient (Wildman–Crippen LogP) is 1.69. The summed E-state index contributed by atoms with van der Waals surface area (Å²) in [6.45, 7) is 6.10. The summed E-state index contributed by atoms with van der Waals surface area (Å²) in [6, 6.07) is 0. The first-order valence-corrected chi connectivity index (χ1v) is 4.36. The first-order chi connectivity index (χ1) is 5.54. The standard InChI is InChI=1S/C9H19NO2/c1-6-7(2)8(3)9(11)10(4)12-5/h7-8H,6H2,1-5H3/t7-,8+/m1/s1. The second-order valence-corrected chi connectivity index (χ2v) is 3.19. The van der Waals surface area contributed by atoms with Crippen molar-refractivity contribution in [2.45, 2.75) is 27.2 Å². The molecule has 0 bridgehead atoms. The third-order valence-corrected chi connectivity index (χ3v) is 2.47. The molecule has 0 unspecified atom stereocenters. The first kappa shape index (κ1) is 11.4. The van der Waals surface area contributed by atoms with Crippen LogP contribution in [0.3, 0.4) is 0 Å². The fourth-order valence-corrected chi connectivity index (χ4v) is 0.974. The van der Waals surface area contributed by atoms with Gasteiger partial charge in [-0.2, -0.15) is 0 Å². The van der Waals surface area contributed by atoms with E-state index in [1.165, 1.54) is 12.2 Å². The minimum atomic E-state index is 0.0416. The summed E-state index contributed by atoms with van der Waals surface area (Å²) >= 11 is 0. The number of carbonyl (C=O) groups excluding carboxylic acids is 1. The van der Waals surface area contributed by atoms with Crippen LogP contribution in [0, 0.1) is 11.8 Å². The average Bonchev–Trinajstić information content (AvgIpc) is 2.12. The summed E-state index contributed by atoms with van der Waals surface area (Å²) in [5, 5.41) is 1.29. The summed E-state index contributed by atoms with van der Waals surface area (Å²) < 4.78 is 0. The molecule has 0 saturated heterocycles. The Hall–Kier alpha value is -0.570. The fourth-order valence-electron chi connectivity index (χ4n) is 0.974. The maximum Gasteiger partial charge on any atom is 0.248 e. The third kappa shape index (κ3) is 2.81. The van der Waals surface area contributed by atoms with E-state index >= 15 is 0 Å². The van der Waals surface area contributed by atoms with Crippen LogP contribution in [0.5, 0.6) is 0 Å². The van der Waals surface area contributed by atoms with Crippen LogP contribution in [0.15, 0.2) is 0 Å². The summed E-state index contributed by atoms with van der Waals surface area (Å²) in [4.78, 5) is 16.3. The Bertz CT molecular complexity index is 147. The van der Waals surface area contributed by atoms with Gasteiger partial charge in [-0.3, -0.25) is 9.63 Å². The van der Waals surface area contributed by atoms with E-state index in [0.717, 1.165) is 6.42 Å². The molecule has 0 aromatic carbocycles. The zero-order valence-corrected chi connectivity index (χ0v) is 8.63. The van der Waals surface area contributed by atoms with E-state index in [2.05, 4.69) is 13.8 Å². The lowest BCUT2D eigenvalue weighted by Gasteiger charge is -2.22. The van der Waals surface area contributed by atoms with Gasteiger partial charge in [0.05, 0.1) is 7.11 Å². The number of carbonyl (C=O) groups is 1. The van der Waals surface area contributed by atoms with Gasteiger partial charge in [0, 0.05) is 13.0 Å². The SMILES string of the molecule is CC[C@@H](C)[C@H](C)C(=O)N(C)OC. The zero-order valence-electron chi connectivity index (χ0n) is 8.63. The minimum absolute atomic E-state index is 0.0416. The van der Waals surface area contributed by atoms with Crippen molar-refractivity contribution in [3.05, 3.63) is 0 Å². The zero-order chi connectivity index (χ0) is 9.72. The third-order valence-electron chi connectivity index (χ3n) is 2.47. The molecule has 3 nitrogen and oxygen atoms in total. The second-order valence-electron chi connectivity index (χ2n) is 3.19. The van der Waals surface area contributed by atoms with Gasteiger partial charge < -0.3 is 0 Å². The van der Waals surface area contributed by atoms with Gasteiger partial charge in [0.1, 0.15) is 0 Å². The molecule has 0 rings (SSSR count). The highest BCUT2D eigenvalue weighted by atomic mass is 16.7. The molecule has 0 radical (unpaired) electrons. The summed E-state index contributed by atoms with van der Waals surface area (Å²) in [7, 11) is 3.14. The van der Waals surface area contributed by atoms with Crippen LogP contribution in [0.4, 0.5) is 0 Å². The quantitative estimate of drug-likeness (QED) is 0.605. The van der Waals surface area contributed by atoms with E-state index in [1.807, 2.05) is 6.92 Å². The number of amides is 1. The molecule has 72 valence electrons. The van der Waals surface area contributed by atoms with Gasteiger partial charge in [0.25, 0.3) is 0 Å². The van der Waals surface area contributed by atoms with Crippen molar-refractivity contribution in [1.29, 1.82) is 0 Å². The monoisotopic (exact) mass is 173 g/mol. The summed E-state index contributed by atoms with van der Waals surface area (Å²) in [5.74, 6) is 0.502. The molecule has 2 atom stereocenters. The highest BCUT2D eigenvalue weighted by Crippen LogP contribution is 2.16. The molecule has 1 amide bonds. The number of nitrogens with zero attached hydrogens (tertiary/aromatic N) is 1. The fraction of sp³-hybridized carbons (Fsp3) is 0.889. The van der Waals surface area contributed by atoms with Crippen molar-refractivity contribution in [3.8, 4) is 0 Å². The normalized spacial score (nSPS) is 15.4. The van der Waals surface area contributed by atoms with E-state index in [9.17, 15) is 4.79 Å². The molecular formula is C9H19NO2. The van der Waals surface area contributed by atoms with Gasteiger partial charge in [0.2, 0.25) is 5.91 Å². The van der Waals surface area contributed by atoms with Gasteiger partial charge in [-0.1, -0.05) is 27.2 Å². The van der Waals surface area contributed by atoms with Crippen LogP contribution in [0.1, 0.15) is 27.2 Å². The maximum atomic E-state index is 11.5. The second kappa shape index (κ2) is 5.14. The highest BCUT2D eigenvalue weighted by molar-refractivity contribution is 5.77. The molecule has 0 aliphatic heterocycles. The van der Waals surface area contributed by atoms with E-state index in [-0.39, 0.29) is 11.8 Å². The molecule has 0 spiro atoms. The van der Waals surface area contributed by atoms with E-state index in [0.29, 0.717) is 5.92 Å². The van der Waals surface area contributed by atoms with Crippen LogP contribution in [0.2, 0.25) is 0 Å². The Morgan fingerprint density at radius 3 is 2.33 bits per heavy atom. The molecule has 0 fully saturated rings. The lowest BCUT2D eigenvalue weighted by Crippen LogP contribution is -2.33. The van der Waals surface area contributed by atoms with Crippen molar-refractivity contribution in [1.82, 2.24) is 5.06 Å². The maximum absolute atomic E-state index is 11.5. The van der Waals surface area contributed by atoms with Crippen molar-refractivity contribution < 1.29 is 9.63 Å². The van der Waals surface area contributed by atoms with E-state index in [4.69, 9.17) is 4.84 Å². The average molecular weight is 173 g/mol. The van der Waals surface area contributed by atoms with Gasteiger partial charge in [0.15, 0.2) is 0 Å². The summed E-state index contributed by atoms with van der Waals surface area (Å²) in [5.41, 5.74) is 0. The highest BCUT2D eigenvalue weighted by Gasteiger charge is 2.21. The molecule has 0 heterocycles. The Balaban J connectivity index is 4.09.